The summed E-state index contributed by atoms with van der Waals surface area (Å²) < 4.78 is 6.20. The van der Waals surface area contributed by atoms with Gasteiger partial charge in [0.2, 0.25) is 11.8 Å². The Balaban J connectivity index is 2.07. The highest BCUT2D eigenvalue weighted by molar-refractivity contribution is 6.06. The van der Waals surface area contributed by atoms with Crippen LogP contribution < -0.4 is 0 Å². The number of rotatable bonds is 4. The minimum atomic E-state index is -0.652. The second-order valence-electron chi connectivity index (χ2n) is 4.76. The predicted molar refractivity (Wildman–Crippen MR) is 78.9 cm³/mol. The van der Waals surface area contributed by atoms with Gasteiger partial charge >= 0.3 is 5.97 Å². The zero-order valence-corrected chi connectivity index (χ0v) is 11.9. The second-order valence-corrected chi connectivity index (χ2v) is 4.76. The molecule has 0 aliphatic carbocycles. The van der Waals surface area contributed by atoms with Gasteiger partial charge in [-0.3, -0.25) is 9.67 Å². The molecule has 0 atom stereocenters. The largest absolute Gasteiger partial charge is 0.494 e. The molecule has 3 aromatic rings. The molecule has 0 amide bonds. The number of aromatic nitrogens is 3. The summed E-state index contributed by atoms with van der Waals surface area (Å²) in [5.41, 5.74) is 1.06. The van der Waals surface area contributed by atoms with Crippen LogP contribution in [0.25, 0.3) is 10.9 Å². The van der Waals surface area contributed by atoms with Crippen LogP contribution in [0.1, 0.15) is 23.0 Å². The molecule has 0 aliphatic rings. The first-order valence-electron chi connectivity index (χ1n) is 6.83. The number of fused-ring (bicyclic) bond motifs is 1. The van der Waals surface area contributed by atoms with Crippen LogP contribution >= 0.6 is 0 Å². The summed E-state index contributed by atoms with van der Waals surface area (Å²) in [7, 11) is 0. The highest BCUT2D eigenvalue weighted by Gasteiger charge is 2.26. The summed E-state index contributed by atoms with van der Waals surface area (Å²) >= 11 is 0. The van der Waals surface area contributed by atoms with Gasteiger partial charge in [0.05, 0.1) is 13.2 Å². The number of carbonyl (C=O) groups is 1. The standard InChI is InChI=1S/C15H15N3O4/c1-2-22-15(21)12-10-11(16-17-12)14(20)18(13(10)19)8-9-6-4-3-5-7-9/h3-7,16,19-20H,2,8H2,1H3. The van der Waals surface area contributed by atoms with Crippen LogP contribution in [-0.4, -0.2) is 37.6 Å². The highest BCUT2D eigenvalue weighted by atomic mass is 16.5. The molecule has 2 heterocycles. The molecule has 7 heteroatoms. The molecule has 0 bridgehead atoms. The van der Waals surface area contributed by atoms with Crippen LogP contribution in [0.3, 0.4) is 0 Å². The van der Waals surface area contributed by atoms with Crippen LogP contribution in [0.5, 0.6) is 11.8 Å². The van der Waals surface area contributed by atoms with E-state index in [0.717, 1.165) is 5.56 Å². The molecule has 0 aliphatic heterocycles. The fourth-order valence-corrected chi connectivity index (χ4v) is 2.35. The molecule has 114 valence electrons. The molecule has 0 radical (unpaired) electrons. The molecule has 3 N–H and O–H groups in total. The van der Waals surface area contributed by atoms with E-state index in [1.807, 2.05) is 30.3 Å². The van der Waals surface area contributed by atoms with Crippen molar-refractivity contribution in [3.05, 3.63) is 41.6 Å². The third-order valence-corrected chi connectivity index (χ3v) is 3.38. The smallest absolute Gasteiger partial charge is 0.359 e. The van der Waals surface area contributed by atoms with Gasteiger partial charge in [-0.25, -0.2) is 4.79 Å². The molecule has 7 nitrogen and oxygen atoms in total. The maximum atomic E-state index is 11.8. The average molecular weight is 301 g/mol. The van der Waals surface area contributed by atoms with Crippen molar-refractivity contribution < 1.29 is 19.7 Å². The molecule has 2 aromatic heterocycles. The van der Waals surface area contributed by atoms with E-state index in [9.17, 15) is 15.0 Å². The molecule has 22 heavy (non-hydrogen) atoms. The van der Waals surface area contributed by atoms with Gasteiger partial charge in [-0.2, -0.15) is 5.10 Å². The number of carbonyl (C=O) groups excluding carboxylic acids is 1. The van der Waals surface area contributed by atoms with E-state index in [2.05, 4.69) is 10.2 Å². The minimum Gasteiger partial charge on any atom is -0.494 e. The first kappa shape index (κ1) is 14.0. The van der Waals surface area contributed by atoms with Gasteiger partial charge < -0.3 is 14.9 Å². The SMILES string of the molecule is CCOC(=O)c1n[nH]c2c(O)n(Cc3ccccc3)c(O)c12. The average Bonchev–Trinajstić information content (AvgIpc) is 3.05. The van der Waals surface area contributed by atoms with Gasteiger partial charge in [0.15, 0.2) is 5.69 Å². The number of nitrogens with zero attached hydrogens (tertiary/aromatic N) is 2. The summed E-state index contributed by atoms with van der Waals surface area (Å²) in [5, 5.41) is 27.1. The number of aromatic hydroxyl groups is 2. The van der Waals surface area contributed by atoms with Crippen molar-refractivity contribution in [1.29, 1.82) is 0 Å². The Morgan fingerprint density at radius 2 is 2.00 bits per heavy atom. The Morgan fingerprint density at radius 1 is 1.27 bits per heavy atom. The van der Waals surface area contributed by atoms with Crippen molar-refractivity contribution in [3.63, 3.8) is 0 Å². The quantitative estimate of drug-likeness (QED) is 0.640. The first-order chi connectivity index (χ1) is 10.6. The predicted octanol–water partition coefficient (Wildman–Crippen LogP) is 2.00. The maximum Gasteiger partial charge on any atom is 0.359 e. The van der Waals surface area contributed by atoms with Gasteiger partial charge in [-0.15, -0.1) is 0 Å². The molecule has 3 rings (SSSR count). The van der Waals surface area contributed by atoms with Gasteiger partial charge in [0.1, 0.15) is 10.9 Å². The fourth-order valence-electron chi connectivity index (χ4n) is 2.35. The molecular formula is C15H15N3O4. The van der Waals surface area contributed by atoms with Crippen LogP contribution in [0.15, 0.2) is 30.3 Å². The van der Waals surface area contributed by atoms with Crippen molar-refractivity contribution in [1.82, 2.24) is 14.8 Å². The van der Waals surface area contributed by atoms with E-state index in [1.54, 1.807) is 6.92 Å². The van der Waals surface area contributed by atoms with Crippen LogP contribution in [0.4, 0.5) is 0 Å². The number of benzene rings is 1. The lowest BCUT2D eigenvalue weighted by Crippen LogP contribution is -2.06. The summed E-state index contributed by atoms with van der Waals surface area (Å²) in [5.74, 6) is -1.06. The lowest BCUT2D eigenvalue weighted by Gasteiger charge is -2.07. The van der Waals surface area contributed by atoms with E-state index in [0.29, 0.717) is 0 Å². The van der Waals surface area contributed by atoms with Crippen LogP contribution in [0.2, 0.25) is 0 Å². The van der Waals surface area contributed by atoms with Gasteiger partial charge in [0.25, 0.3) is 0 Å². The summed E-state index contributed by atoms with van der Waals surface area (Å²) in [6.45, 7) is 2.15. The molecule has 0 unspecified atom stereocenters. The maximum absolute atomic E-state index is 11.8. The van der Waals surface area contributed by atoms with Crippen molar-refractivity contribution in [2.45, 2.75) is 13.5 Å². The van der Waals surface area contributed by atoms with Gasteiger partial charge in [-0.05, 0) is 12.5 Å². The molecule has 0 saturated carbocycles. The number of esters is 1. The van der Waals surface area contributed by atoms with Crippen LogP contribution in [-0.2, 0) is 11.3 Å². The third kappa shape index (κ3) is 2.16. The van der Waals surface area contributed by atoms with Gasteiger partial charge in [-0.1, -0.05) is 30.3 Å². The van der Waals surface area contributed by atoms with Crippen molar-refractivity contribution >= 4 is 16.9 Å². The number of ether oxygens (including phenoxy) is 1. The lowest BCUT2D eigenvalue weighted by atomic mass is 10.2. The molecule has 0 fully saturated rings. The topological polar surface area (TPSA) is 100 Å². The Bertz CT molecular complexity index is 820. The Hall–Kier alpha value is -2.96. The van der Waals surface area contributed by atoms with E-state index < -0.39 is 5.97 Å². The van der Waals surface area contributed by atoms with Crippen molar-refractivity contribution in [2.75, 3.05) is 6.61 Å². The molecule has 0 spiro atoms. The summed E-state index contributed by atoms with van der Waals surface area (Å²) in [4.78, 5) is 11.8. The first-order valence-corrected chi connectivity index (χ1v) is 6.83. The normalized spacial score (nSPS) is 11.0. The van der Waals surface area contributed by atoms with Gasteiger partial charge in [0, 0.05) is 0 Å². The van der Waals surface area contributed by atoms with E-state index in [1.165, 1.54) is 4.57 Å². The molecular weight excluding hydrogens is 286 g/mol. The number of hydrogen-bond acceptors (Lipinski definition) is 5. The third-order valence-electron chi connectivity index (χ3n) is 3.38. The number of hydrogen-bond donors (Lipinski definition) is 3. The summed E-state index contributed by atoms with van der Waals surface area (Å²) in [6, 6.07) is 9.36. The van der Waals surface area contributed by atoms with Crippen molar-refractivity contribution in [3.8, 4) is 11.8 Å². The number of aromatic amines is 1. The number of nitrogens with one attached hydrogen (secondary N) is 1. The van der Waals surface area contributed by atoms with Crippen molar-refractivity contribution in [2.24, 2.45) is 0 Å². The fraction of sp³-hybridized carbons (Fsp3) is 0.200. The zero-order chi connectivity index (χ0) is 15.7. The minimum absolute atomic E-state index is 0.0449. The second kappa shape index (κ2) is 5.44. The monoisotopic (exact) mass is 301 g/mol. The van der Waals surface area contributed by atoms with E-state index in [-0.39, 0.29) is 41.5 Å². The zero-order valence-electron chi connectivity index (χ0n) is 11.9. The summed E-state index contributed by atoms with van der Waals surface area (Å²) in [6.07, 6.45) is 0. The molecule has 1 aromatic carbocycles. The Morgan fingerprint density at radius 3 is 2.68 bits per heavy atom. The van der Waals surface area contributed by atoms with E-state index in [4.69, 9.17) is 4.74 Å². The number of H-pyrrole nitrogens is 1. The molecule has 0 saturated heterocycles. The lowest BCUT2D eigenvalue weighted by molar-refractivity contribution is 0.0521. The van der Waals surface area contributed by atoms with Crippen LogP contribution in [0, 0.1) is 0 Å². The highest BCUT2D eigenvalue weighted by Crippen LogP contribution is 2.37. The Kier molecular flexibility index (Phi) is 3.46. The van der Waals surface area contributed by atoms with E-state index >= 15 is 0 Å². The Labute approximate surface area is 125 Å².